The summed E-state index contributed by atoms with van der Waals surface area (Å²) in [6.45, 7) is 0.685. The van der Waals surface area contributed by atoms with Crippen LogP contribution in [0.2, 0.25) is 0 Å². The van der Waals surface area contributed by atoms with Gasteiger partial charge in [-0.15, -0.1) is 0 Å². The summed E-state index contributed by atoms with van der Waals surface area (Å²) in [6, 6.07) is 11.9. The van der Waals surface area contributed by atoms with E-state index in [1.54, 1.807) is 30.6 Å². The molecular weight excluding hydrogens is 331 g/mol. The molecule has 3 aromatic rings. The third kappa shape index (κ3) is 3.22. The van der Waals surface area contributed by atoms with Crippen molar-refractivity contribution in [2.75, 3.05) is 6.54 Å². The molecule has 0 radical (unpaired) electrons. The number of benzene rings is 1. The predicted molar refractivity (Wildman–Crippen MR) is 95.8 cm³/mol. The van der Waals surface area contributed by atoms with Crippen LogP contribution in [-0.2, 0) is 0 Å². The number of likely N-dealkylation sites (tertiary alicyclic amines) is 1. The highest BCUT2D eigenvalue weighted by molar-refractivity contribution is 5.93. The van der Waals surface area contributed by atoms with Crippen molar-refractivity contribution in [1.82, 2.24) is 20.1 Å². The van der Waals surface area contributed by atoms with Crippen molar-refractivity contribution in [2.24, 2.45) is 0 Å². The highest BCUT2D eigenvalue weighted by Gasteiger charge is 2.29. The standard InChI is InChI=1S/C20H19FN4O/c21-16-6-4-15(5-7-16)19-3-1-2-12-25(19)20(26)18-13-17(23-24-18)14-8-10-22-11-9-14/h4-11,13,19H,1-3,12H2,(H,23,24)/t19-/m1/s1. The molecule has 0 aliphatic carbocycles. The molecule has 26 heavy (non-hydrogen) atoms. The number of nitrogens with one attached hydrogen (secondary N) is 1. The van der Waals surface area contributed by atoms with Crippen molar-refractivity contribution in [2.45, 2.75) is 25.3 Å². The minimum Gasteiger partial charge on any atom is -0.330 e. The molecule has 0 spiro atoms. The fourth-order valence-electron chi connectivity index (χ4n) is 3.46. The molecule has 1 amide bonds. The number of carbonyl (C=O) groups is 1. The zero-order valence-corrected chi connectivity index (χ0v) is 14.2. The molecule has 1 aliphatic heterocycles. The molecule has 0 unspecified atom stereocenters. The molecule has 0 saturated carbocycles. The lowest BCUT2D eigenvalue weighted by molar-refractivity contribution is 0.0605. The number of aromatic amines is 1. The average Bonchev–Trinajstić information content (AvgIpc) is 3.19. The zero-order valence-electron chi connectivity index (χ0n) is 14.2. The lowest BCUT2D eigenvalue weighted by atomic mass is 9.95. The molecule has 1 atom stereocenters. The van der Waals surface area contributed by atoms with Crippen molar-refractivity contribution in [3.63, 3.8) is 0 Å². The number of hydrogen-bond acceptors (Lipinski definition) is 3. The summed E-state index contributed by atoms with van der Waals surface area (Å²) in [5.41, 5.74) is 3.05. The lowest BCUT2D eigenvalue weighted by Crippen LogP contribution is -2.38. The number of amides is 1. The summed E-state index contributed by atoms with van der Waals surface area (Å²) in [5.74, 6) is -0.343. The zero-order chi connectivity index (χ0) is 17.9. The van der Waals surface area contributed by atoms with Crippen molar-refractivity contribution < 1.29 is 9.18 Å². The Bertz CT molecular complexity index is 892. The van der Waals surface area contributed by atoms with E-state index in [4.69, 9.17) is 0 Å². The number of halogens is 1. The first-order valence-corrected chi connectivity index (χ1v) is 8.74. The Morgan fingerprint density at radius 3 is 2.65 bits per heavy atom. The second kappa shape index (κ2) is 7.07. The summed E-state index contributed by atoms with van der Waals surface area (Å²) < 4.78 is 13.2. The fraction of sp³-hybridized carbons (Fsp3) is 0.250. The van der Waals surface area contributed by atoms with E-state index in [1.165, 1.54) is 12.1 Å². The topological polar surface area (TPSA) is 61.9 Å². The summed E-state index contributed by atoms with van der Waals surface area (Å²) in [4.78, 5) is 18.9. The number of pyridine rings is 1. The number of nitrogens with zero attached hydrogens (tertiary/aromatic N) is 3. The third-order valence-electron chi connectivity index (χ3n) is 4.80. The Balaban J connectivity index is 1.59. The second-order valence-corrected chi connectivity index (χ2v) is 6.46. The van der Waals surface area contributed by atoms with Gasteiger partial charge in [0.15, 0.2) is 0 Å². The number of rotatable bonds is 3. The van der Waals surface area contributed by atoms with Crippen LogP contribution in [0.15, 0.2) is 54.9 Å². The average molecular weight is 350 g/mol. The lowest BCUT2D eigenvalue weighted by Gasteiger charge is -2.35. The molecule has 0 bridgehead atoms. The van der Waals surface area contributed by atoms with E-state index < -0.39 is 0 Å². The van der Waals surface area contributed by atoms with Crippen molar-refractivity contribution in [3.05, 3.63) is 71.9 Å². The first-order chi connectivity index (χ1) is 12.7. The van der Waals surface area contributed by atoms with Gasteiger partial charge in [0.1, 0.15) is 11.5 Å². The van der Waals surface area contributed by atoms with Crippen molar-refractivity contribution in [1.29, 1.82) is 0 Å². The van der Waals surface area contributed by atoms with Crippen LogP contribution in [0, 0.1) is 5.82 Å². The van der Waals surface area contributed by atoms with Gasteiger partial charge in [-0.1, -0.05) is 12.1 Å². The molecule has 1 aromatic carbocycles. The molecule has 1 aliphatic rings. The number of carbonyl (C=O) groups excluding carboxylic acids is 1. The second-order valence-electron chi connectivity index (χ2n) is 6.46. The van der Waals surface area contributed by atoms with Crippen LogP contribution in [-0.4, -0.2) is 32.5 Å². The maximum Gasteiger partial charge on any atom is 0.272 e. The Morgan fingerprint density at radius 2 is 1.88 bits per heavy atom. The van der Waals surface area contributed by atoms with E-state index in [0.717, 1.165) is 30.4 Å². The van der Waals surface area contributed by atoms with E-state index in [2.05, 4.69) is 15.2 Å². The Hall–Kier alpha value is -3.02. The smallest absolute Gasteiger partial charge is 0.272 e. The van der Waals surface area contributed by atoms with Crippen LogP contribution in [0.1, 0.15) is 41.4 Å². The molecule has 6 heteroatoms. The van der Waals surface area contributed by atoms with E-state index in [9.17, 15) is 9.18 Å². The molecule has 4 rings (SSSR count). The number of H-pyrrole nitrogens is 1. The monoisotopic (exact) mass is 350 g/mol. The van der Waals surface area contributed by atoms with Gasteiger partial charge in [-0.3, -0.25) is 14.9 Å². The molecule has 3 heterocycles. The van der Waals surface area contributed by atoms with Gasteiger partial charge in [-0.05, 0) is 55.2 Å². The Kier molecular flexibility index (Phi) is 4.48. The highest BCUT2D eigenvalue weighted by atomic mass is 19.1. The van der Waals surface area contributed by atoms with Gasteiger partial charge in [0.25, 0.3) is 5.91 Å². The van der Waals surface area contributed by atoms with Crippen LogP contribution in [0.3, 0.4) is 0 Å². The van der Waals surface area contributed by atoms with E-state index in [1.807, 2.05) is 17.0 Å². The predicted octanol–water partition coefficient (Wildman–Crippen LogP) is 3.98. The number of piperidine rings is 1. The van der Waals surface area contributed by atoms with Crippen LogP contribution in [0.25, 0.3) is 11.3 Å². The van der Waals surface area contributed by atoms with Gasteiger partial charge in [0.05, 0.1) is 11.7 Å². The van der Waals surface area contributed by atoms with Crippen LogP contribution >= 0.6 is 0 Å². The summed E-state index contributed by atoms with van der Waals surface area (Å²) in [6.07, 6.45) is 6.29. The van der Waals surface area contributed by atoms with Gasteiger partial charge in [-0.2, -0.15) is 5.10 Å². The minimum absolute atomic E-state index is 0.0375. The van der Waals surface area contributed by atoms with Gasteiger partial charge < -0.3 is 4.90 Å². The Labute approximate surface area is 150 Å². The summed E-state index contributed by atoms with van der Waals surface area (Å²) in [5, 5.41) is 7.12. The van der Waals surface area contributed by atoms with Crippen molar-refractivity contribution >= 4 is 5.91 Å². The van der Waals surface area contributed by atoms with Crippen LogP contribution in [0.4, 0.5) is 4.39 Å². The van der Waals surface area contributed by atoms with Gasteiger partial charge in [-0.25, -0.2) is 4.39 Å². The molecular formula is C20H19FN4O. The number of hydrogen-bond donors (Lipinski definition) is 1. The van der Waals surface area contributed by atoms with Crippen LogP contribution < -0.4 is 0 Å². The fourth-order valence-corrected chi connectivity index (χ4v) is 3.46. The maximum absolute atomic E-state index is 13.2. The van der Waals surface area contributed by atoms with E-state index >= 15 is 0 Å². The summed E-state index contributed by atoms with van der Waals surface area (Å²) >= 11 is 0. The first-order valence-electron chi connectivity index (χ1n) is 8.74. The first kappa shape index (κ1) is 16.4. The Morgan fingerprint density at radius 1 is 1.12 bits per heavy atom. The molecule has 132 valence electrons. The van der Waals surface area contributed by atoms with Gasteiger partial charge >= 0.3 is 0 Å². The van der Waals surface area contributed by atoms with Crippen molar-refractivity contribution in [3.8, 4) is 11.3 Å². The summed E-state index contributed by atoms with van der Waals surface area (Å²) in [7, 11) is 0. The molecule has 1 saturated heterocycles. The molecule has 1 fully saturated rings. The normalized spacial score (nSPS) is 17.3. The highest BCUT2D eigenvalue weighted by Crippen LogP contribution is 2.32. The molecule has 5 nitrogen and oxygen atoms in total. The number of aromatic nitrogens is 3. The molecule has 1 N–H and O–H groups in total. The van der Waals surface area contributed by atoms with E-state index in [0.29, 0.717) is 17.9 Å². The minimum atomic E-state index is -0.266. The molecule has 2 aromatic heterocycles. The maximum atomic E-state index is 13.2. The van der Waals surface area contributed by atoms with E-state index in [-0.39, 0.29) is 17.8 Å². The van der Waals surface area contributed by atoms with Gasteiger partial charge in [0.2, 0.25) is 0 Å². The van der Waals surface area contributed by atoms with Crippen LogP contribution in [0.5, 0.6) is 0 Å². The third-order valence-corrected chi connectivity index (χ3v) is 4.80. The van der Waals surface area contributed by atoms with Gasteiger partial charge in [0, 0.05) is 24.5 Å². The largest absolute Gasteiger partial charge is 0.330 e. The quantitative estimate of drug-likeness (QED) is 0.777. The SMILES string of the molecule is O=C(c1cc(-c2ccncc2)n[nH]1)N1CCCC[C@@H]1c1ccc(F)cc1.